The fourth-order valence-corrected chi connectivity index (χ4v) is 4.43. The van der Waals surface area contributed by atoms with E-state index in [1.807, 2.05) is 67.6 Å². The fourth-order valence-electron chi connectivity index (χ4n) is 3.36. The molecule has 0 fully saturated rings. The van der Waals surface area contributed by atoms with Gasteiger partial charge in [0, 0.05) is 18.7 Å². The Hall–Kier alpha value is -3.06. The van der Waals surface area contributed by atoms with Crippen LogP contribution in [0.3, 0.4) is 0 Å². The SMILES string of the molecule is CC(C(=O)Nc1nnc(-c2ccccc2Cl)s1)N(Cc1ccccc1)Cc1ccccc1. The first-order valence-corrected chi connectivity index (χ1v) is 11.5. The standard InChI is InChI=1S/C25H23ClN4OS/c1-18(23(31)27-25-29-28-24(32-25)21-14-8-9-15-22(21)26)30(16-19-10-4-2-5-11-19)17-20-12-6-3-7-13-20/h2-15,18H,16-17H2,1H3,(H,27,29,31). The van der Waals surface area contributed by atoms with Crippen LogP contribution in [0.25, 0.3) is 10.6 Å². The van der Waals surface area contributed by atoms with E-state index in [2.05, 4.69) is 44.7 Å². The summed E-state index contributed by atoms with van der Waals surface area (Å²) >= 11 is 7.57. The Morgan fingerprint density at radius 1 is 0.906 bits per heavy atom. The van der Waals surface area contributed by atoms with E-state index in [0.717, 1.165) is 16.7 Å². The van der Waals surface area contributed by atoms with Crippen molar-refractivity contribution in [3.8, 4) is 10.6 Å². The molecule has 1 atom stereocenters. The maximum Gasteiger partial charge on any atom is 0.243 e. The molecular formula is C25H23ClN4OS. The molecular weight excluding hydrogens is 440 g/mol. The van der Waals surface area contributed by atoms with Gasteiger partial charge < -0.3 is 0 Å². The van der Waals surface area contributed by atoms with E-state index in [-0.39, 0.29) is 11.9 Å². The van der Waals surface area contributed by atoms with E-state index < -0.39 is 0 Å². The Labute approximate surface area is 196 Å². The summed E-state index contributed by atoms with van der Waals surface area (Å²) in [7, 11) is 0. The van der Waals surface area contributed by atoms with Crippen LogP contribution >= 0.6 is 22.9 Å². The van der Waals surface area contributed by atoms with Crippen molar-refractivity contribution < 1.29 is 4.79 Å². The van der Waals surface area contributed by atoms with Gasteiger partial charge in [-0.2, -0.15) is 0 Å². The molecule has 0 saturated heterocycles. The van der Waals surface area contributed by atoms with E-state index >= 15 is 0 Å². The quantitative estimate of drug-likeness (QED) is 0.355. The number of nitrogens with one attached hydrogen (secondary N) is 1. The molecule has 5 nitrogen and oxygen atoms in total. The highest BCUT2D eigenvalue weighted by molar-refractivity contribution is 7.18. The summed E-state index contributed by atoms with van der Waals surface area (Å²) in [4.78, 5) is 15.3. The summed E-state index contributed by atoms with van der Waals surface area (Å²) in [6.45, 7) is 3.23. The Bertz CT molecular complexity index is 1130. The average Bonchev–Trinajstić information content (AvgIpc) is 3.28. The zero-order valence-corrected chi connectivity index (χ0v) is 19.2. The predicted octanol–water partition coefficient (Wildman–Crippen LogP) is 5.89. The second-order valence-electron chi connectivity index (χ2n) is 7.43. The molecule has 1 amide bonds. The molecule has 1 aromatic heterocycles. The molecule has 1 N–H and O–H groups in total. The number of halogens is 1. The number of carbonyl (C=O) groups is 1. The number of nitrogens with zero attached hydrogens (tertiary/aromatic N) is 3. The van der Waals surface area contributed by atoms with Crippen molar-refractivity contribution in [3.63, 3.8) is 0 Å². The first-order chi connectivity index (χ1) is 15.6. The average molecular weight is 463 g/mol. The highest BCUT2D eigenvalue weighted by Gasteiger charge is 2.23. The Morgan fingerprint density at radius 3 is 2.06 bits per heavy atom. The molecule has 0 radical (unpaired) electrons. The second kappa shape index (κ2) is 10.5. The van der Waals surface area contributed by atoms with E-state index in [4.69, 9.17) is 11.6 Å². The van der Waals surface area contributed by atoms with Crippen molar-refractivity contribution >= 4 is 34.0 Å². The minimum atomic E-state index is -0.372. The van der Waals surface area contributed by atoms with Gasteiger partial charge in [-0.1, -0.05) is 102 Å². The van der Waals surface area contributed by atoms with Gasteiger partial charge in [-0.3, -0.25) is 15.0 Å². The number of carbonyl (C=O) groups excluding carboxylic acids is 1. The van der Waals surface area contributed by atoms with Crippen LogP contribution in [0.2, 0.25) is 5.02 Å². The summed E-state index contributed by atoms with van der Waals surface area (Å²) in [6.07, 6.45) is 0. The maximum atomic E-state index is 13.1. The van der Waals surface area contributed by atoms with Crippen molar-refractivity contribution in [1.82, 2.24) is 15.1 Å². The van der Waals surface area contributed by atoms with Gasteiger partial charge in [-0.25, -0.2) is 0 Å². The first kappa shape index (κ1) is 22.1. The molecule has 0 saturated carbocycles. The lowest BCUT2D eigenvalue weighted by atomic mass is 10.1. The predicted molar refractivity (Wildman–Crippen MR) is 131 cm³/mol. The van der Waals surface area contributed by atoms with Gasteiger partial charge in [0.1, 0.15) is 0 Å². The number of hydrogen-bond acceptors (Lipinski definition) is 5. The van der Waals surface area contributed by atoms with Crippen molar-refractivity contribution in [1.29, 1.82) is 0 Å². The number of hydrogen-bond donors (Lipinski definition) is 1. The van der Waals surface area contributed by atoms with Gasteiger partial charge in [0.2, 0.25) is 11.0 Å². The second-order valence-corrected chi connectivity index (χ2v) is 8.82. The third-order valence-corrected chi connectivity index (χ3v) is 6.35. The minimum Gasteiger partial charge on any atom is -0.299 e. The summed E-state index contributed by atoms with van der Waals surface area (Å²) in [5.74, 6) is -0.126. The zero-order valence-electron chi connectivity index (χ0n) is 17.6. The van der Waals surface area contributed by atoms with E-state index in [9.17, 15) is 4.79 Å². The summed E-state index contributed by atoms with van der Waals surface area (Å²) in [5.41, 5.74) is 3.11. The van der Waals surface area contributed by atoms with Crippen LogP contribution in [0, 0.1) is 0 Å². The van der Waals surface area contributed by atoms with Crippen molar-refractivity contribution in [2.24, 2.45) is 0 Å². The van der Waals surface area contributed by atoms with Crippen LogP contribution in [0.1, 0.15) is 18.1 Å². The topological polar surface area (TPSA) is 58.1 Å². The maximum absolute atomic E-state index is 13.1. The third kappa shape index (κ3) is 5.59. The normalized spacial score (nSPS) is 12.0. The van der Waals surface area contributed by atoms with Crippen LogP contribution in [0.5, 0.6) is 0 Å². The molecule has 0 aliphatic carbocycles. The number of aromatic nitrogens is 2. The third-order valence-electron chi connectivity index (χ3n) is 5.14. The molecule has 7 heteroatoms. The van der Waals surface area contributed by atoms with Crippen LogP contribution < -0.4 is 5.32 Å². The van der Waals surface area contributed by atoms with Gasteiger partial charge in [-0.05, 0) is 24.1 Å². The molecule has 4 aromatic rings. The molecule has 0 aliphatic rings. The Balaban J connectivity index is 1.49. The molecule has 3 aromatic carbocycles. The summed E-state index contributed by atoms with van der Waals surface area (Å²) in [5, 5.41) is 13.0. The lowest BCUT2D eigenvalue weighted by molar-refractivity contribution is -0.121. The van der Waals surface area contributed by atoms with Gasteiger partial charge in [-0.15, -0.1) is 10.2 Å². The molecule has 0 bridgehead atoms. The van der Waals surface area contributed by atoms with E-state index in [1.54, 1.807) is 0 Å². The van der Waals surface area contributed by atoms with Gasteiger partial charge in [0.25, 0.3) is 0 Å². The van der Waals surface area contributed by atoms with Gasteiger partial charge in [0.05, 0.1) is 11.1 Å². The van der Waals surface area contributed by atoms with Crippen LogP contribution in [-0.4, -0.2) is 27.0 Å². The largest absolute Gasteiger partial charge is 0.299 e. The molecule has 1 unspecified atom stereocenters. The van der Waals surface area contributed by atoms with Crippen LogP contribution in [0.4, 0.5) is 5.13 Å². The fraction of sp³-hybridized carbons (Fsp3) is 0.160. The molecule has 32 heavy (non-hydrogen) atoms. The summed E-state index contributed by atoms with van der Waals surface area (Å²) < 4.78 is 0. The zero-order chi connectivity index (χ0) is 22.3. The van der Waals surface area contributed by atoms with Gasteiger partial charge >= 0.3 is 0 Å². The van der Waals surface area contributed by atoms with Crippen molar-refractivity contribution in [3.05, 3.63) is 101 Å². The number of rotatable bonds is 8. The highest BCUT2D eigenvalue weighted by Crippen LogP contribution is 2.31. The number of benzene rings is 3. The highest BCUT2D eigenvalue weighted by atomic mass is 35.5. The van der Waals surface area contributed by atoms with Crippen LogP contribution in [-0.2, 0) is 17.9 Å². The molecule has 162 valence electrons. The summed E-state index contributed by atoms with van der Waals surface area (Å²) in [6, 6.07) is 27.4. The molecule has 1 heterocycles. The van der Waals surface area contributed by atoms with E-state index in [1.165, 1.54) is 11.3 Å². The Morgan fingerprint density at radius 2 is 1.47 bits per heavy atom. The molecule has 0 spiro atoms. The molecule has 4 rings (SSSR count). The van der Waals surface area contributed by atoms with Gasteiger partial charge in [0.15, 0.2) is 5.01 Å². The molecule has 0 aliphatic heterocycles. The number of anilines is 1. The van der Waals surface area contributed by atoms with Crippen molar-refractivity contribution in [2.45, 2.75) is 26.1 Å². The monoisotopic (exact) mass is 462 g/mol. The lowest BCUT2D eigenvalue weighted by Crippen LogP contribution is -2.41. The smallest absolute Gasteiger partial charge is 0.243 e. The lowest BCUT2D eigenvalue weighted by Gasteiger charge is -2.28. The number of amides is 1. The minimum absolute atomic E-state index is 0.126. The van der Waals surface area contributed by atoms with Crippen LogP contribution in [0.15, 0.2) is 84.9 Å². The van der Waals surface area contributed by atoms with Crippen molar-refractivity contribution in [2.75, 3.05) is 5.32 Å². The van der Waals surface area contributed by atoms with E-state index in [0.29, 0.717) is 28.3 Å². The Kier molecular flexibility index (Phi) is 7.27. The first-order valence-electron chi connectivity index (χ1n) is 10.3.